The van der Waals surface area contributed by atoms with Crippen LogP contribution < -0.4 is 14.5 Å². The predicted molar refractivity (Wildman–Crippen MR) is 177 cm³/mol. The van der Waals surface area contributed by atoms with Gasteiger partial charge in [-0.25, -0.2) is 0 Å². The summed E-state index contributed by atoms with van der Waals surface area (Å²) in [5.41, 5.74) is 5.31. The minimum Gasteiger partial charge on any atom is -0.461 e. The Morgan fingerprint density at radius 1 is 0.977 bits per heavy atom. The molecule has 0 radical (unpaired) electrons. The molecular formula is C34H43N7OS. The van der Waals surface area contributed by atoms with Gasteiger partial charge in [0.1, 0.15) is 12.4 Å². The van der Waals surface area contributed by atoms with E-state index >= 15 is 0 Å². The van der Waals surface area contributed by atoms with Crippen LogP contribution in [0.25, 0.3) is 10.8 Å². The van der Waals surface area contributed by atoms with Gasteiger partial charge in [-0.05, 0) is 74.9 Å². The molecule has 8 rings (SSSR count). The number of nitrogens with zero attached hydrogens (tertiary/aromatic N) is 7. The molecule has 1 aromatic heterocycles. The molecule has 0 spiro atoms. The number of piperazine rings is 1. The summed E-state index contributed by atoms with van der Waals surface area (Å²) in [6.07, 6.45) is 11.3. The molecule has 0 amide bonds. The van der Waals surface area contributed by atoms with Crippen molar-refractivity contribution in [2.75, 3.05) is 61.9 Å². The third-order valence-corrected chi connectivity index (χ3v) is 11.7. The zero-order valence-corrected chi connectivity index (χ0v) is 26.4. The van der Waals surface area contributed by atoms with E-state index in [0.717, 1.165) is 57.1 Å². The summed E-state index contributed by atoms with van der Waals surface area (Å²) in [7, 11) is 0. The van der Waals surface area contributed by atoms with Gasteiger partial charge in [0.05, 0.1) is 35.6 Å². The van der Waals surface area contributed by atoms with E-state index in [9.17, 15) is 0 Å². The lowest BCUT2D eigenvalue weighted by Gasteiger charge is -2.41. The minimum absolute atomic E-state index is 0.170. The number of aromatic nitrogens is 2. The van der Waals surface area contributed by atoms with Gasteiger partial charge in [-0.2, -0.15) is 26.8 Å². The molecule has 2 aromatic carbocycles. The number of hydrogen-bond acceptors (Lipinski definition) is 9. The number of thioether (sulfide) groups is 1. The van der Waals surface area contributed by atoms with E-state index in [0.29, 0.717) is 23.9 Å². The van der Waals surface area contributed by atoms with Crippen LogP contribution in [0.4, 0.5) is 11.5 Å². The molecule has 226 valence electrons. The van der Waals surface area contributed by atoms with Crippen LogP contribution in [-0.2, 0) is 19.4 Å². The predicted octanol–water partition coefficient (Wildman–Crippen LogP) is 4.98. The first kappa shape index (κ1) is 27.5. The van der Waals surface area contributed by atoms with Crippen LogP contribution >= 0.6 is 11.8 Å². The molecule has 3 aromatic rings. The molecule has 5 aliphatic heterocycles. The van der Waals surface area contributed by atoms with Gasteiger partial charge in [0.15, 0.2) is 0 Å². The Morgan fingerprint density at radius 2 is 1.81 bits per heavy atom. The Morgan fingerprint density at radius 3 is 2.63 bits per heavy atom. The Balaban J connectivity index is 1.14. The fraction of sp³-hybridized carbons (Fsp3) is 0.559. The molecule has 6 heterocycles. The van der Waals surface area contributed by atoms with Gasteiger partial charge in [-0.15, -0.1) is 0 Å². The smallest absolute Gasteiger partial charge is 0.318 e. The van der Waals surface area contributed by atoms with E-state index in [1.54, 1.807) is 0 Å². The zero-order chi connectivity index (χ0) is 29.0. The standard InChI is InChI=1S/C34H43N7OS/c1-3-24-8-4-9-25-10-5-11-28(31(24)25)38-17-12-26-27(21-38)36-33(42-23-34-13-6-15-40(34)16-7-14-34)37-32(26)39-18-19-41-29(22-39)30(43-2)20-35-41/h4-5,8-11,20,29-30H,3,6-7,12-19,21-23H2,1-2H3. The third kappa shape index (κ3) is 4.74. The molecule has 0 aliphatic carbocycles. The van der Waals surface area contributed by atoms with E-state index in [2.05, 4.69) is 75.5 Å². The second kappa shape index (κ2) is 11.1. The van der Waals surface area contributed by atoms with Crippen molar-refractivity contribution in [2.45, 2.75) is 68.8 Å². The first-order chi connectivity index (χ1) is 21.2. The summed E-state index contributed by atoms with van der Waals surface area (Å²) in [5, 5.41) is 10.1. The van der Waals surface area contributed by atoms with Crippen molar-refractivity contribution in [1.82, 2.24) is 19.9 Å². The number of fused-ring (bicyclic) bond motifs is 4. The van der Waals surface area contributed by atoms with Gasteiger partial charge in [-0.1, -0.05) is 37.3 Å². The van der Waals surface area contributed by atoms with Crippen molar-refractivity contribution in [1.29, 1.82) is 0 Å². The number of aryl methyl sites for hydroxylation is 1. The van der Waals surface area contributed by atoms with Crippen LogP contribution in [0.2, 0.25) is 0 Å². The number of anilines is 2. The van der Waals surface area contributed by atoms with Crippen molar-refractivity contribution >= 4 is 40.3 Å². The van der Waals surface area contributed by atoms with Gasteiger partial charge in [0.25, 0.3) is 0 Å². The summed E-state index contributed by atoms with van der Waals surface area (Å²) < 4.78 is 6.62. The van der Waals surface area contributed by atoms with E-state index in [-0.39, 0.29) is 5.54 Å². The van der Waals surface area contributed by atoms with Crippen molar-refractivity contribution in [3.8, 4) is 6.01 Å². The number of hydrogen-bond donors (Lipinski definition) is 0. The first-order valence-corrected chi connectivity index (χ1v) is 17.6. The zero-order valence-electron chi connectivity index (χ0n) is 25.5. The largest absolute Gasteiger partial charge is 0.461 e. The lowest BCUT2D eigenvalue weighted by Crippen LogP contribution is -2.53. The fourth-order valence-corrected chi connectivity index (χ4v) is 9.13. The normalized spacial score (nSPS) is 24.5. The van der Waals surface area contributed by atoms with Crippen LogP contribution in [0.3, 0.4) is 0 Å². The summed E-state index contributed by atoms with van der Waals surface area (Å²) in [6, 6.07) is 14.4. The van der Waals surface area contributed by atoms with Gasteiger partial charge in [0, 0.05) is 42.5 Å². The maximum atomic E-state index is 6.62. The van der Waals surface area contributed by atoms with Crippen molar-refractivity contribution in [3.63, 3.8) is 0 Å². The van der Waals surface area contributed by atoms with Gasteiger partial charge < -0.3 is 14.5 Å². The van der Waals surface area contributed by atoms with E-state index in [1.165, 1.54) is 66.4 Å². The van der Waals surface area contributed by atoms with Crippen molar-refractivity contribution in [3.05, 3.63) is 53.2 Å². The number of ether oxygens (including phenoxy) is 1. The molecule has 9 heteroatoms. The molecule has 43 heavy (non-hydrogen) atoms. The summed E-state index contributed by atoms with van der Waals surface area (Å²) in [4.78, 5) is 18.1. The van der Waals surface area contributed by atoms with E-state index in [1.807, 2.05) is 11.8 Å². The van der Waals surface area contributed by atoms with Crippen LogP contribution in [0, 0.1) is 0 Å². The van der Waals surface area contributed by atoms with Crippen molar-refractivity contribution < 1.29 is 4.74 Å². The molecule has 3 fully saturated rings. The van der Waals surface area contributed by atoms with Crippen LogP contribution in [0.5, 0.6) is 6.01 Å². The number of benzene rings is 2. The SMILES string of the molecule is CCc1cccc2cccc(N3CCc4c(nc(OCC56CCCN5CCC6)nc4N4CCN5N=CC(SC)C5C4)C3)c12. The molecule has 2 unspecified atom stereocenters. The van der Waals surface area contributed by atoms with Crippen LogP contribution in [0.1, 0.15) is 49.4 Å². The summed E-state index contributed by atoms with van der Waals surface area (Å²) in [6.45, 7) is 9.85. The minimum atomic E-state index is 0.170. The van der Waals surface area contributed by atoms with E-state index in [4.69, 9.17) is 19.8 Å². The number of rotatable bonds is 7. The molecule has 8 nitrogen and oxygen atoms in total. The Hall–Kier alpha value is -3.04. The highest BCUT2D eigenvalue weighted by Gasteiger charge is 2.45. The average molecular weight is 598 g/mol. The summed E-state index contributed by atoms with van der Waals surface area (Å²) in [5.74, 6) is 1.09. The van der Waals surface area contributed by atoms with Gasteiger partial charge >= 0.3 is 6.01 Å². The monoisotopic (exact) mass is 597 g/mol. The second-order valence-electron chi connectivity index (χ2n) is 12.9. The summed E-state index contributed by atoms with van der Waals surface area (Å²) >= 11 is 1.89. The highest BCUT2D eigenvalue weighted by atomic mass is 32.2. The maximum absolute atomic E-state index is 6.62. The first-order valence-electron chi connectivity index (χ1n) is 16.3. The topological polar surface area (TPSA) is 60.3 Å². The second-order valence-corrected chi connectivity index (χ2v) is 13.9. The molecule has 2 atom stereocenters. The Kier molecular flexibility index (Phi) is 7.13. The molecule has 0 N–H and O–H groups in total. The highest BCUT2D eigenvalue weighted by Crippen LogP contribution is 2.40. The van der Waals surface area contributed by atoms with Crippen LogP contribution in [-0.4, -0.2) is 95.1 Å². The lowest BCUT2D eigenvalue weighted by atomic mass is 9.95. The molecular weight excluding hydrogens is 554 g/mol. The number of hydrazone groups is 1. The van der Waals surface area contributed by atoms with E-state index < -0.39 is 0 Å². The van der Waals surface area contributed by atoms with Crippen LogP contribution in [0.15, 0.2) is 41.5 Å². The molecule has 0 saturated carbocycles. The quantitative estimate of drug-likeness (QED) is 0.378. The lowest BCUT2D eigenvalue weighted by molar-refractivity contribution is 0.107. The average Bonchev–Trinajstić information content (AvgIpc) is 3.76. The molecule has 5 aliphatic rings. The fourth-order valence-electron chi connectivity index (χ4n) is 8.41. The molecule has 0 bridgehead atoms. The van der Waals surface area contributed by atoms with Gasteiger partial charge in [-0.3, -0.25) is 9.91 Å². The maximum Gasteiger partial charge on any atom is 0.318 e. The van der Waals surface area contributed by atoms with Gasteiger partial charge in [0.2, 0.25) is 0 Å². The van der Waals surface area contributed by atoms with Crippen molar-refractivity contribution in [2.24, 2.45) is 5.10 Å². The Bertz CT molecular complexity index is 1520. The highest BCUT2D eigenvalue weighted by molar-refractivity contribution is 7.99. The Labute approximate surface area is 259 Å². The molecule has 3 saturated heterocycles. The third-order valence-electron chi connectivity index (χ3n) is 10.7.